The smallest absolute Gasteiger partial charge is 0.254 e. The van der Waals surface area contributed by atoms with E-state index in [0.29, 0.717) is 42.3 Å². The summed E-state index contributed by atoms with van der Waals surface area (Å²) in [6.07, 6.45) is 3.89. The van der Waals surface area contributed by atoms with Crippen molar-refractivity contribution in [1.82, 2.24) is 10.2 Å². The van der Waals surface area contributed by atoms with Crippen LogP contribution in [0.5, 0.6) is 0 Å². The predicted molar refractivity (Wildman–Crippen MR) is 134 cm³/mol. The van der Waals surface area contributed by atoms with Crippen molar-refractivity contribution in [2.24, 2.45) is 5.92 Å². The minimum Gasteiger partial charge on any atom is -0.464 e. The van der Waals surface area contributed by atoms with Gasteiger partial charge in [0.15, 0.2) is 0 Å². The zero-order valence-electron chi connectivity index (χ0n) is 19.3. The van der Waals surface area contributed by atoms with Gasteiger partial charge < -0.3 is 14.6 Å². The Hall–Kier alpha value is -3.86. The van der Waals surface area contributed by atoms with E-state index in [1.807, 2.05) is 41.3 Å². The van der Waals surface area contributed by atoms with Gasteiger partial charge in [-0.2, -0.15) is 0 Å². The number of benzene rings is 3. The third-order valence-electron chi connectivity index (χ3n) is 6.39. The molecule has 1 saturated carbocycles. The molecule has 3 aromatic carbocycles. The molecule has 5 nitrogen and oxygen atoms in total. The summed E-state index contributed by atoms with van der Waals surface area (Å²) in [4.78, 5) is 28.4. The molecule has 1 aliphatic rings. The van der Waals surface area contributed by atoms with Crippen molar-refractivity contribution >= 4 is 22.8 Å². The fourth-order valence-corrected chi connectivity index (χ4v) is 4.30. The quantitative estimate of drug-likeness (QED) is 0.374. The van der Waals surface area contributed by atoms with Crippen LogP contribution in [0.2, 0.25) is 0 Å². The number of nitrogens with one attached hydrogen (secondary N) is 1. The zero-order valence-corrected chi connectivity index (χ0v) is 19.3. The van der Waals surface area contributed by atoms with Crippen molar-refractivity contribution in [3.8, 4) is 11.1 Å². The number of fused-ring (bicyclic) bond motifs is 1. The van der Waals surface area contributed by atoms with Crippen LogP contribution in [0.1, 0.15) is 39.1 Å². The average Bonchev–Trinajstić information content (AvgIpc) is 3.55. The van der Waals surface area contributed by atoms with E-state index < -0.39 is 0 Å². The maximum absolute atomic E-state index is 13.7. The Labute approximate surface area is 199 Å². The number of rotatable bonds is 8. The Morgan fingerprint density at radius 2 is 1.71 bits per heavy atom. The number of carbonyl (C=O) groups is 2. The molecule has 0 spiro atoms. The summed E-state index contributed by atoms with van der Waals surface area (Å²) in [6.45, 7) is 3.62. The molecule has 172 valence electrons. The first-order chi connectivity index (χ1) is 16.6. The summed E-state index contributed by atoms with van der Waals surface area (Å²) >= 11 is 0. The van der Waals surface area contributed by atoms with Crippen LogP contribution in [0.4, 0.5) is 0 Å². The van der Waals surface area contributed by atoms with Gasteiger partial charge in [-0.3, -0.25) is 9.59 Å². The third-order valence-corrected chi connectivity index (χ3v) is 6.39. The van der Waals surface area contributed by atoms with E-state index in [0.717, 1.165) is 29.4 Å². The summed E-state index contributed by atoms with van der Waals surface area (Å²) < 4.78 is 5.40. The molecule has 0 radical (unpaired) electrons. The minimum absolute atomic E-state index is 0.00857. The Kier molecular flexibility index (Phi) is 6.17. The first-order valence-corrected chi connectivity index (χ1v) is 11.8. The van der Waals surface area contributed by atoms with Crippen LogP contribution in [0.25, 0.3) is 22.1 Å². The van der Waals surface area contributed by atoms with E-state index in [1.165, 1.54) is 5.56 Å². The molecule has 1 aromatic heterocycles. The van der Waals surface area contributed by atoms with Gasteiger partial charge in [-0.05, 0) is 61.1 Å². The monoisotopic (exact) mass is 452 g/mol. The van der Waals surface area contributed by atoms with Gasteiger partial charge in [0.25, 0.3) is 11.8 Å². The van der Waals surface area contributed by atoms with E-state index in [-0.39, 0.29) is 11.8 Å². The second kappa shape index (κ2) is 9.56. The van der Waals surface area contributed by atoms with Crippen LogP contribution in [-0.2, 0) is 0 Å². The van der Waals surface area contributed by atoms with Crippen LogP contribution in [0, 0.1) is 12.8 Å². The minimum atomic E-state index is -0.161. The van der Waals surface area contributed by atoms with Crippen LogP contribution >= 0.6 is 0 Å². The molecule has 0 unspecified atom stereocenters. The van der Waals surface area contributed by atoms with Crippen molar-refractivity contribution < 1.29 is 14.0 Å². The second-order valence-corrected chi connectivity index (χ2v) is 9.00. The molecule has 5 rings (SSSR count). The molecule has 1 fully saturated rings. The molecule has 34 heavy (non-hydrogen) atoms. The molecule has 1 N–H and O–H groups in total. The summed E-state index contributed by atoms with van der Waals surface area (Å²) in [5, 5.41) is 3.78. The van der Waals surface area contributed by atoms with E-state index in [2.05, 4.69) is 36.5 Å². The second-order valence-electron chi connectivity index (χ2n) is 9.00. The summed E-state index contributed by atoms with van der Waals surface area (Å²) in [5.41, 5.74) is 5.11. The first-order valence-electron chi connectivity index (χ1n) is 11.8. The van der Waals surface area contributed by atoms with Crippen molar-refractivity contribution in [3.05, 3.63) is 95.7 Å². The SMILES string of the molecule is Cc1ccc(-c2ccccc2C(=O)N(CCNC(=O)c2cccc3occc23)CC2CC2)cc1. The number of nitrogens with zero attached hydrogens (tertiary/aromatic N) is 1. The average molecular weight is 453 g/mol. The molecule has 0 aliphatic heterocycles. The highest BCUT2D eigenvalue weighted by atomic mass is 16.3. The van der Waals surface area contributed by atoms with Crippen LogP contribution in [-0.4, -0.2) is 36.3 Å². The lowest BCUT2D eigenvalue weighted by molar-refractivity contribution is 0.0742. The van der Waals surface area contributed by atoms with Gasteiger partial charge in [0.05, 0.1) is 11.8 Å². The molecule has 4 aromatic rings. The van der Waals surface area contributed by atoms with Gasteiger partial charge in [-0.25, -0.2) is 0 Å². The largest absolute Gasteiger partial charge is 0.464 e. The number of aryl methyl sites for hydroxylation is 1. The van der Waals surface area contributed by atoms with E-state index in [9.17, 15) is 9.59 Å². The van der Waals surface area contributed by atoms with Gasteiger partial charge in [0.2, 0.25) is 0 Å². The lowest BCUT2D eigenvalue weighted by Gasteiger charge is -2.24. The zero-order chi connectivity index (χ0) is 23.5. The van der Waals surface area contributed by atoms with Crippen molar-refractivity contribution in [3.63, 3.8) is 0 Å². The van der Waals surface area contributed by atoms with Crippen LogP contribution < -0.4 is 5.32 Å². The van der Waals surface area contributed by atoms with Crippen molar-refractivity contribution in [1.29, 1.82) is 0 Å². The third kappa shape index (κ3) is 4.74. The number of furan rings is 1. The van der Waals surface area contributed by atoms with Gasteiger partial charge in [0, 0.05) is 30.6 Å². The highest BCUT2D eigenvalue weighted by Crippen LogP contribution is 2.31. The highest BCUT2D eigenvalue weighted by molar-refractivity contribution is 6.06. The Bertz CT molecular complexity index is 1320. The summed E-state index contributed by atoms with van der Waals surface area (Å²) in [7, 11) is 0. The normalized spacial score (nSPS) is 13.1. The van der Waals surface area contributed by atoms with Crippen LogP contribution in [0.15, 0.2) is 83.5 Å². The van der Waals surface area contributed by atoms with Crippen LogP contribution in [0.3, 0.4) is 0 Å². The number of hydrogen-bond acceptors (Lipinski definition) is 3. The number of hydrogen-bond donors (Lipinski definition) is 1. The molecule has 2 amide bonds. The molecule has 0 atom stereocenters. The molecule has 0 saturated heterocycles. The Balaban J connectivity index is 1.31. The van der Waals surface area contributed by atoms with Crippen molar-refractivity contribution in [2.45, 2.75) is 19.8 Å². The van der Waals surface area contributed by atoms with Gasteiger partial charge in [-0.1, -0.05) is 54.1 Å². The Morgan fingerprint density at radius 1 is 0.941 bits per heavy atom. The van der Waals surface area contributed by atoms with Gasteiger partial charge in [-0.15, -0.1) is 0 Å². The molecule has 5 heteroatoms. The van der Waals surface area contributed by atoms with E-state index >= 15 is 0 Å². The molecule has 1 heterocycles. The fraction of sp³-hybridized carbons (Fsp3) is 0.241. The van der Waals surface area contributed by atoms with Crippen molar-refractivity contribution in [2.75, 3.05) is 19.6 Å². The number of amides is 2. The lowest BCUT2D eigenvalue weighted by Crippen LogP contribution is -2.40. The summed E-state index contributed by atoms with van der Waals surface area (Å²) in [6, 6.07) is 23.3. The van der Waals surface area contributed by atoms with E-state index in [4.69, 9.17) is 4.42 Å². The topological polar surface area (TPSA) is 62.6 Å². The summed E-state index contributed by atoms with van der Waals surface area (Å²) in [5.74, 6) is 0.394. The molecular formula is C29H28N2O3. The molecular weight excluding hydrogens is 424 g/mol. The molecule has 1 aliphatic carbocycles. The van der Waals surface area contributed by atoms with E-state index in [1.54, 1.807) is 18.4 Å². The standard InChI is InChI=1S/C29H28N2O3/c1-20-9-13-22(14-10-20)23-5-2-3-6-26(23)29(33)31(19-21-11-12-21)17-16-30-28(32)25-7-4-8-27-24(25)15-18-34-27/h2-10,13-15,18,21H,11-12,16-17,19H2,1H3,(H,30,32). The maximum Gasteiger partial charge on any atom is 0.254 e. The molecule has 0 bridgehead atoms. The maximum atomic E-state index is 13.7. The predicted octanol–water partition coefficient (Wildman–Crippen LogP) is 5.69. The fourth-order valence-electron chi connectivity index (χ4n) is 4.30. The highest BCUT2D eigenvalue weighted by Gasteiger charge is 2.28. The van der Waals surface area contributed by atoms with Gasteiger partial charge >= 0.3 is 0 Å². The Morgan fingerprint density at radius 3 is 2.50 bits per heavy atom. The van der Waals surface area contributed by atoms with Gasteiger partial charge in [0.1, 0.15) is 5.58 Å². The first kappa shape index (κ1) is 22.0. The lowest BCUT2D eigenvalue weighted by atomic mass is 9.98. The number of carbonyl (C=O) groups excluding carboxylic acids is 2.